The number of rotatable bonds is 8. The highest BCUT2D eigenvalue weighted by Gasteiger charge is 2.27. The molecule has 5 rings (SSSR count). The molecule has 4 aromatic rings. The van der Waals surface area contributed by atoms with Crippen molar-refractivity contribution in [3.05, 3.63) is 77.9 Å². The molecule has 0 N–H and O–H groups in total. The predicted octanol–water partition coefficient (Wildman–Crippen LogP) is 5.17. The van der Waals surface area contributed by atoms with E-state index in [1.807, 2.05) is 24.3 Å². The van der Waals surface area contributed by atoms with Crippen LogP contribution < -0.4 is 14.5 Å². The fourth-order valence-corrected chi connectivity index (χ4v) is 6.73. The van der Waals surface area contributed by atoms with Crippen LogP contribution >= 0.6 is 11.3 Å². The Labute approximate surface area is 231 Å². The van der Waals surface area contributed by atoms with E-state index in [0.29, 0.717) is 35.2 Å². The van der Waals surface area contributed by atoms with Crippen LogP contribution in [0.1, 0.15) is 35.2 Å². The quantitative estimate of drug-likeness (QED) is 0.216. The maximum atomic E-state index is 13.7. The summed E-state index contributed by atoms with van der Waals surface area (Å²) < 4.78 is 39.0. The van der Waals surface area contributed by atoms with Gasteiger partial charge in [-0.2, -0.15) is 14.4 Å². The van der Waals surface area contributed by atoms with Crippen molar-refractivity contribution >= 4 is 48.8 Å². The van der Waals surface area contributed by atoms with E-state index in [-0.39, 0.29) is 10.5 Å². The summed E-state index contributed by atoms with van der Waals surface area (Å²) in [4.78, 5) is 18.5. The highest BCUT2D eigenvalue weighted by Crippen LogP contribution is 2.32. The Bertz CT molecular complexity index is 1590. The van der Waals surface area contributed by atoms with Crippen molar-refractivity contribution in [1.29, 1.82) is 0 Å². The molecule has 0 aliphatic carbocycles. The van der Waals surface area contributed by atoms with E-state index in [2.05, 4.69) is 10.1 Å². The Morgan fingerprint density at radius 1 is 0.949 bits per heavy atom. The van der Waals surface area contributed by atoms with Crippen molar-refractivity contribution in [2.45, 2.75) is 24.2 Å². The Hall–Kier alpha value is -3.80. The van der Waals surface area contributed by atoms with Crippen LogP contribution in [0, 0.1) is 0 Å². The molecule has 0 saturated carbocycles. The van der Waals surface area contributed by atoms with Crippen molar-refractivity contribution in [1.82, 2.24) is 9.29 Å². The molecule has 202 valence electrons. The smallest absolute Gasteiger partial charge is 0.280 e. The minimum absolute atomic E-state index is 0.168. The second-order valence-corrected chi connectivity index (χ2v) is 11.9. The van der Waals surface area contributed by atoms with Gasteiger partial charge in [0.15, 0.2) is 0 Å². The Morgan fingerprint density at radius 3 is 2.28 bits per heavy atom. The number of methoxy groups -OCH3 is 2. The van der Waals surface area contributed by atoms with Crippen molar-refractivity contribution in [2.24, 2.45) is 5.10 Å². The van der Waals surface area contributed by atoms with E-state index >= 15 is 0 Å². The van der Waals surface area contributed by atoms with Gasteiger partial charge in [-0.25, -0.2) is 13.4 Å². The first-order chi connectivity index (χ1) is 18.9. The third kappa shape index (κ3) is 5.80. The van der Waals surface area contributed by atoms with Gasteiger partial charge in [0.1, 0.15) is 11.5 Å². The molecule has 0 radical (unpaired) electrons. The number of piperidine rings is 1. The van der Waals surface area contributed by atoms with Gasteiger partial charge in [0.25, 0.3) is 5.91 Å². The molecule has 9 nitrogen and oxygen atoms in total. The molecule has 11 heteroatoms. The molecule has 1 aliphatic heterocycles. The summed E-state index contributed by atoms with van der Waals surface area (Å²) in [5.41, 5.74) is 1.76. The van der Waals surface area contributed by atoms with Crippen molar-refractivity contribution in [3.63, 3.8) is 0 Å². The van der Waals surface area contributed by atoms with Crippen LogP contribution in [-0.2, 0) is 10.0 Å². The van der Waals surface area contributed by atoms with Gasteiger partial charge in [-0.05, 0) is 85.1 Å². The number of thiazole rings is 1. The van der Waals surface area contributed by atoms with Crippen molar-refractivity contribution in [2.75, 3.05) is 32.3 Å². The fraction of sp³-hybridized carbons (Fsp3) is 0.250. The highest BCUT2D eigenvalue weighted by molar-refractivity contribution is 7.89. The van der Waals surface area contributed by atoms with Gasteiger partial charge < -0.3 is 9.47 Å². The lowest BCUT2D eigenvalue weighted by Crippen LogP contribution is -2.35. The average molecular weight is 565 g/mol. The van der Waals surface area contributed by atoms with Gasteiger partial charge in [-0.3, -0.25) is 4.79 Å². The number of nitrogens with zero attached hydrogens (tertiary/aromatic N) is 4. The van der Waals surface area contributed by atoms with E-state index in [9.17, 15) is 13.2 Å². The summed E-state index contributed by atoms with van der Waals surface area (Å²) in [5.74, 6) is 0.954. The number of amides is 1. The summed E-state index contributed by atoms with van der Waals surface area (Å²) >= 11 is 1.30. The van der Waals surface area contributed by atoms with Gasteiger partial charge in [0, 0.05) is 18.7 Å². The monoisotopic (exact) mass is 564 g/mol. The highest BCUT2D eigenvalue weighted by atomic mass is 32.2. The summed E-state index contributed by atoms with van der Waals surface area (Å²) in [6.07, 6.45) is 4.31. The van der Waals surface area contributed by atoms with E-state index < -0.39 is 15.9 Å². The third-order valence-electron chi connectivity index (χ3n) is 6.45. The van der Waals surface area contributed by atoms with Gasteiger partial charge in [0.05, 0.1) is 35.5 Å². The Balaban J connectivity index is 1.47. The minimum atomic E-state index is -3.61. The molecule has 0 spiro atoms. The summed E-state index contributed by atoms with van der Waals surface area (Å²) in [7, 11) is -0.424. The molecular formula is C28H28N4O5S2. The first-order valence-corrected chi connectivity index (χ1v) is 14.7. The number of carbonyl (C=O) groups excluding carboxylic acids is 1. The minimum Gasteiger partial charge on any atom is -0.497 e. The number of sulfonamides is 1. The van der Waals surface area contributed by atoms with E-state index in [4.69, 9.17) is 9.47 Å². The lowest BCUT2D eigenvalue weighted by atomic mass is 10.2. The topological polar surface area (TPSA) is 101 Å². The van der Waals surface area contributed by atoms with Crippen LogP contribution in [0.2, 0.25) is 0 Å². The Kier molecular flexibility index (Phi) is 7.92. The zero-order valence-corrected chi connectivity index (χ0v) is 23.2. The number of hydrogen-bond donors (Lipinski definition) is 0. The van der Waals surface area contributed by atoms with Crippen LogP contribution in [0.4, 0.5) is 5.13 Å². The molecular weight excluding hydrogens is 536 g/mol. The average Bonchev–Trinajstić information content (AvgIpc) is 3.41. The van der Waals surface area contributed by atoms with E-state index in [1.54, 1.807) is 38.6 Å². The summed E-state index contributed by atoms with van der Waals surface area (Å²) in [6, 6.07) is 18.7. The van der Waals surface area contributed by atoms with Gasteiger partial charge >= 0.3 is 0 Å². The van der Waals surface area contributed by atoms with Gasteiger partial charge in [0.2, 0.25) is 15.2 Å². The molecule has 0 unspecified atom stereocenters. The lowest BCUT2D eigenvalue weighted by Gasteiger charge is -2.25. The van der Waals surface area contributed by atoms with Gasteiger partial charge in [-0.15, -0.1) is 0 Å². The largest absolute Gasteiger partial charge is 0.497 e. The lowest BCUT2D eigenvalue weighted by molar-refractivity contribution is 0.0987. The maximum absolute atomic E-state index is 13.7. The molecule has 1 aromatic heterocycles. The summed E-state index contributed by atoms with van der Waals surface area (Å²) in [5, 5.41) is 6.09. The molecule has 3 aromatic carbocycles. The van der Waals surface area contributed by atoms with Crippen LogP contribution in [0.3, 0.4) is 0 Å². The predicted molar refractivity (Wildman–Crippen MR) is 153 cm³/mol. The zero-order chi connectivity index (χ0) is 27.4. The first kappa shape index (κ1) is 26.8. The number of benzene rings is 3. The number of ether oxygens (including phenoxy) is 2. The van der Waals surface area contributed by atoms with E-state index in [0.717, 1.165) is 29.5 Å². The van der Waals surface area contributed by atoms with Crippen molar-refractivity contribution < 1.29 is 22.7 Å². The third-order valence-corrected chi connectivity index (χ3v) is 9.36. The maximum Gasteiger partial charge on any atom is 0.280 e. The Morgan fingerprint density at radius 2 is 1.62 bits per heavy atom. The molecule has 1 saturated heterocycles. The standard InChI is InChI=1S/C28H28N4O5S2/c1-36-22-10-6-20(7-11-22)19-29-32(28-30-25-15-12-23(37-2)18-26(25)38-28)27(33)21-8-13-24(14-9-21)39(34,35)31-16-4-3-5-17-31/h6-15,18-19H,3-5,16-17H2,1-2H3/b29-19+. The fourth-order valence-electron chi connectivity index (χ4n) is 4.26. The zero-order valence-electron chi connectivity index (χ0n) is 21.6. The molecule has 1 amide bonds. The number of aromatic nitrogens is 1. The number of hydrazone groups is 1. The molecule has 0 bridgehead atoms. The van der Waals surface area contributed by atoms with Crippen LogP contribution in [0.25, 0.3) is 10.2 Å². The second kappa shape index (κ2) is 11.5. The summed E-state index contributed by atoms with van der Waals surface area (Å²) in [6.45, 7) is 1.03. The van der Waals surface area contributed by atoms with Crippen LogP contribution in [0.5, 0.6) is 11.5 Å². The second-order valence-electron chi connectivity index (χ2n) is 8.95. The van der Waals surface area contributed by atoms with Crippen molar-refractivity contribution in [3.8, 4) is 11.5 Å². The van der Waals surface area contributed by atoms with Crippen LogP contribution in [-0.4, -0.2) is 57.1 Å². The SMILES string of the molecule is COc1ccc(/C=N/N(C(=O)c2ccc(S(=O)(=O)N3CCCCC3)cc2)c2nc3ccc(OC)cc3s2)cc1. The molecule has 39 heavy (non-hydrogen) atoms. The molecule has 0 atom stereocenters. The molecule has 1 fully saturated rings. The normalized spacial score (nSPS) is 14.5. The van der Waals surface area contributed by atoms with E-state index in [1.165, 1.54) is 44.9 Å². The number of hydrogen-bond acceptors (Lipinski definition) is 8. The van der Waals surface area contributed by atoms with Crippen LogP contribution in [0.15, 0.2) is 76.7 Å². The number of fused-ring (bicyclic) bond motifs is 1. The molecule has 1 aliphatic rings. The van der Waals surface area contributed by atoms with Gasteiger partial charge in [-0.1, -0.05) is 17.8 Å². The first-order valence-electron chi connectivity index (χ1n) is 12.5. The number of carbonyl (C=O) groups is 1. The number of anilines is 1. The molecule has 2 heterocycles.